The second-order valence-electron chi connectivity index (χ2n) is 5.26. The van der Waals surface area contributed by atoms with Gasteiger partial charge in [-0.25, -0.2) is 0 Å². The first-order chi connectivity index (χ1) is 8.97. The van der Waals surface area contributed by atoms with Gasteiger partial charge in [-0.1, -0.05) is 6.08 Å². The van der Waals surface area contributed by atoms with E-state index in [1.54, 1.807) is 18.2 Å². The molecule has 19 heavy (non-hydrogen) atoms. The van der Waals surface area contributed by atoms with E-state index >= 15 is 0 Å². The molecule has 6 heteroatoms. The van der Waals surface area contributed by atoms with Crippen molar-refractivity contribution in [2.24, 2.45) is 11.7 Å². The highest BCUT2D eigenvalue weighted by atomic mass is 35.5. The Morgan fingerprint density at radius 1 is 1.42 bits per heavy atom. The molecular weight excluding hydrogens is 287 g/mol. The molecule has 0 spiro atoms. The van der Waals surface area contributed by atoms with Crippen molar-refractivity contribution in [3.05, 3.63) is 24.0 Å². The van der Waals surface area contributed by atoms with E-state index in [0.717, 1.165) is 12.8 Å². The summed E-state index contributed by atoms with van der Waals surface area (Å²) in [7, 11) is 0. The first-order valence-corrected chi connectivity index (χ1v) is 7.41. The number of allylic oxidation sites excluding steroid dienone is 1. The van der Waals surface area contributed by atoms with Gasteiger partial charge in [-0.15, -0.1) is 23.2 Å². The summed E-state index contributed by atoms with van der Waals surface area (Å²) in [6.07, 6.45) is 6.73. The maximum absolute atomic E-state index is 9.54. The van der Waals surface area contributed by atoms with Crippen molar-refractivity contribution < 1.29 is 10.2 Å². The van der Waals surface area contributed by atoms with Crippen LogP contribution in [-0.4, -0.2) is 39.3 Å². The standard InChI is InChI=1S/C13H20Cl2N2O2/c14-10-6-8(19)2-4-12(10)17-13(15)9-5-7(18)1-3-11(9)16/h1,3,5,8-13,17-19H,2,4,6,16H2. The molecule has 0 aromatic carbocycles. The van der Waals surface area contributed by atoms with E-state index in [-0.39, 0.29) is 35.2 Å². The summed E-state index contributed by atoms with van der Waals surface area (Å²) in [6.45, 7) is 0. The van der Waals surface area contributed by atoms with Gasteiger partial charge in [0.1, 0.15) is 5.76 Å². The summed E-state index contributed by atoms with van der Waals surface area (Å²) in [6, 6.07) is -0.171. The van der Waals surface area contributed by atoms with Crippen molar-refractivity contribution in [2.75, 3.05) is 0 Å². The fraction of sp³-hybridized carbons (Fsp3) is 0.692. The molecule has 2 aliphatic carbocycles. The van der Waals surface area contributed by atoms with Gasteiger partial charge in [0.05, 0.1) is 17.0 Å². The van der Waals surface area contributed by atoms with Crippen molar-refractivity contribution in [1.29, 1.82) is 0 Å². The quantitative estimate of drug-likeness (QED) is 0.472. The minimum atomic E-state index is -0.399. The van der Waals surface area contributed by atoms with E-state index in [2.05, 4.69) is 5.32 Å². The second-order valence-corrected chi connectivity index (χ2v) is 6.29. The Bertz CT molecular complexity index is 376. The molecule has 0 aliphatic heterocycles. The lowest BCUT2D eigenvalue weighted by Crippen LogP contribution is -2.50. The van der Waals surface area contributed by atoms with E-state index in [4.69, 9.17) is 28.9 Å². The van der Waals surface area contributed by atoms with Gasteiger partial charge in [0.25, 0.3) is 0 Å². The Morgan fingerprint density at radius 3 is 2.84 bits per heavy atom. The normalized spacial score (nSPS) is 40.8. The molecule has 5 N–H and O–H groups in total. The van der Waals surface area contributed by atoms with Gasteiger partial charge in [0.2, 0.25) is 0 Å². The van der Waals surface area contributed by atoms with Crippen LogP contribution in [0.5, 0.6) is 0 Å². The molecule has 2 rings (SSSR count). The molecule has 0 bridgehead atoms. The zero-order valence-electron chi connectivity index (χ0n) is 10.5. The third-order valence-corrected chi connectivity index (χ3v) is 4.65. The first kappa shape index (κ1) is 15.1. The summed E-state index contributed by atoms with van der Waals surface area (Å²) < 4.78 is 0. The highest BCUT2D eigenvalue weighted by molar-refractivity contribution is 6.22. The third-order valence-electron chi connectivity index (χ3n) is 3.75. The van der Waals surface area contributed by atoms with Crippen LogP contribution in [0.15, 0.2) is 24.0 Å². The molecule has 0 saturated heterocycles. The van der Waals surface area contributed by atoms with Crippen molar-refractivity contribution in [3.8, 4) is 0 Å². The SMILES string of the molecule is NC1C=CC(O)=CC1C(Cl)NC1CCC(O)CC1Cl. The smallest absolute Gasteiger partial charge is 0.111 e. The summed E-state index contributed by atoms with van der Waals surface area (Å²) in [5, 5.41) is 22.2. The van der Waals surface area contributed by atoms with Gasteiger partial charge in [-0.2, -0.15) is 0 Å². The number of hydrogen-bond acceptors (Lipinski definition) is 4. The van der Waals surface area contributed by atoms with E-state index < -0.39 is 5.50 Å². The number of aliphatic hydroxyl groups excluding tert-OH is 2. The van der Waals surface area contributed by atoms with Crippen LogP contribution in [-0.2, 0) is 0 Å². The molecular formula is C13H20Cl2N2O2. The Balaban J connectivity index is 1.93. The number of halogens is 2. The monoisotopic (exact) mass is 306 g/mol. The summed E-state index contributed by atoms with van der Waals surface area (Å²) >= 11 is 12.6. The van der Waals surface area contributed by atoms with Crippen LogP contribution >= 0.6 is 23.2 Å². The third kappa shape index (κ3) is 3.86. The van der Waals surface area contributed by atoms with Crippen molar-refractivity contribution >= 4 is 23.2 Å². The Hall–Kier alpha value is -0.260. The average Bonchev–Trinajstić information content (AvgIpc) is 2.35. The largest absolute Gasteiger partial charge is 0.508 e. The lowest BCUT2D eigenvalue weighted by atomic mass is 9.90. The lowest BCUT2D eigenvalue weighted by Gasteiger charge is -2.35. The van der Waals surface area contributed by atoms with Gasteiger partial charge in [-0.3, -0.25) is 5.32 Å². The molecule has 108 valence electrons. The summed E-state index contributed by atoms with van der Waals surface area (Å²) in [4.78, 5) is 0. The van der Waals surface area contributed by atoms with Crippen molar-refractivity contribution in [3.63, 3.8) is 0 Å². The molecule has 0 heterocycles. The van der Waals surface area contributed by atoms with Gasteiger partial charge >= 0.3 is 0 Å². The molecule has 2 aliphatic rings. The lowest BCUT2D eigenvalue weighted by molar-refractivity contribution is 0.117. The fourth-order valence-electron chi connectivity index (χ4n) is 2.58. The number of hydrogen-bond donors (Lipinski definition) is 4. The molecule has 6 atom stereocenters. The molecule has 1 saturated carbocycles. The number of nitrogens with two attached hydrogens (primary N) is 1. The summed E-state index contributed by atoms with van der Waals surface area (Å²) in [5.74, 6) is 0.00280. The topological polar surface area (TPSA) is 78.5 Å². The zero-order valence-corrected chi connectivity index (χ0v) is 12.1. The number of rotatable bonds is 3. The van der Waals surface area contributed by atoms with Crippen LogP contribution in [0.4, 0.5) is 0 Å². The van der Waals surface area contributed by atoms with Crippen LogP contribution in [0.2, 0.25) is 0 Å². The fourth-order valence-corrected chi connectivity index (χ4v) is 3.39. The summed E-state index contributed by atoms with van der Waals surface area (Å²) in [5.41, 5.74) is 5.56. The van der Waals surface area contributed by atoms with Crippen LogP contribution < -0.4 is 11.1 Å². The maximum atomic E-state index is 9.54. The molecule has 4 nitrogen and oxygen atoms in total. The Labute approximate surface area is 123 Å². The maximum Gasteiger partial charge on any atom is 0.111 e. The van der Waals surface area contributed by atoms with E-state index in [1.165, 1.54) is 0 Å². The predicted octanol–water partition coefficient (Wildman–Crippen LogP) is 1.62. The van der Waals surface area contributed by atoms with Crippen LogP contribution in [0.25, 0.3) is 0 Å². The Kier molecular flexibility index (Phi) is 5.15. The van der Waals surface area contributed by atoms with Crippen LogP contribution in [0.1, 0.15) is 19.3 Å². The van der Waals surface area contributed by atoms with E-state index in [1.807, 2.05) is 0 Å². The second kappa shape index (κ2) is 6.46. The minimum Gasteiger partial charge on any atom is -0.508 e. The molecule has 0 radical (unpaired) electrons. The van der Waals surface area contributed by atoms with Gasteiger partial charge in [0, 0.05) is 18.0 Å². The van der Waals surface area contributed by atoms with Gasteiger partial charge in [-0.05, 0) is 31.4 Å². The predicted molar refractivity (Wildman–Crippen MR) is 77.4 cm³/mol. The van der Waals surface area contributed by atoms with Crippen LogP contribution in [0, 0.1) is 5.92 Å². The molecule has 1 fully saturated rings. The number of alkyl halides is 2. The van der Waals surface area contributed by atoms with Gasteiger partial charge in [0.15, 0.2) is 0 Å². The minimum absolute atomic E-state index is 0.0567. The van der Waals surface area contributed by atoms with Gasteiger partial charge < -0.3 is 15.9 Å². The average molecular weight is 307 g/mol. The number of nitrogens with one attached hydrogen (secondary N) is 1. The first-order valence-electron chi connectivity index (χ1n) is 6.54. The van der Waals surface area contributed by atoms with E-state index in [9.17, 15) is 10.2 Å². The number of aliphatic hydroxyl groups is 2. The highest BCUT2D eigenvalue weighted by Crippen LogP contribution is 2.27. The van der Waals surface area contributed by atoms with Crippen molar-refractivity contribution in [2.45, 2.75) is 48.3 Å². The molecule has 0 amide bonds. The highest BCUT2D eigenvalue weighted by Gasteiger charge is 2.32. The molecule has 6 unspecified atom stereocenters. The van der Waals surface area contributed by atoms with Crippen LogP contribution in [0.3, 0.4) is 0 Å². The van der Waals surface area contributed by atoms with E-state index in [0.29, 0.717) is 6.42 Å². The molecule has 0 aromatic heterocycles. The van der Waals surface area contributed by atoms with Crippen molar-refractivity contribution in [1.82, 2.24) is 5.32 Å². The molecule has 0 aromatic rings. The zero-order chi connectivity index (χ0) is 14.0. The Morgan fingerprint density at radius 2 is 2.16 bits per heavy atom.